The maximum Gasteiger partial charge on any atom is 0.341 e. The summed E-state index contributed by atoms with van der Waals surface area (Å²) in [4.78, 5) is 12.9. The number of thiocarbonyl (C=S) groups is 1. The number of thiophene rings is 1. The minimum Gasteiger partial charge on any atom is -0.506 e. The quantitative estimate of drug-likeness (QED) is 0.442. The van der Waals surface area contributed by atoms with E-state index < -0.39 is 5.97 Å². The molecule has 0 radical (unpaired) electrons. The summed E-state index contributed by atoms with van der Waals surface area (Å²) in [6, 6.07) is 5.25. The monoisotopic (exact) mass is 350 g/mol. The Morgan fingerprint density at radius 2 is 1.96 bits per heavy atom. The predicted molar refractivity (Wildman–Crippen MR) is 97.8 cm³/mol. The van der Waals surface area contributed by atoms with Gasteiger partial charge in [-0.15, -0.1) is 11.3 Å². The number of aryl methyl sites for hydroxylation is 2. The third kappa shape index (κ3) is 3.80. The highest BCUT2D eigenvalue weighted by Gasteiger charge is 2.20. The number of anilines is 2. The molecule has 7 heteroatoms. The average Bonchev–Trinajstić information content (AvgIpc) is 2.76. The summed E-state index contributed by atoms with van der Waals surface area (Å²) in [6.45, 7) is 5.69. The van der Waals surface area contributed by atoms with Gasteiger partial charge in [-0.1, -0.05) is 6.07 Å². The minimum absolute atomic E-state index is 0.112. The Morgan fingerprint density at radius 3 is 2.57 bits per heavy atom. The van der Waals surface area contributed by atoms with Gasteiger partial charge in [0.25, 0.3) is 0 Å². The Kier molecular flexibility index (Phi) is 5.23. The number of carbonyl (C=O) groups is 1. The lowest BCUT2D eigenvalue weighted by Crippen LogP contribution is -2.20. The van der Waals surface area contributed by atoms with E-state index in [0.717, 1.165) is 16.0 Å². The van der Waals surface area contributed by atoms with Crippen molar-refractivity contribution in [2.75, 3.05) is 17.7 Å². The summed E-state index contributed by atoms with van der Waals surface area (Å²) in [7, 11) is 1.35. The Balaban J connectivity index is 2.20. The highest BCUT2D eigenvalue weighted by Crippen LogP contribution is 2.33. The number of rotatable bonds is 3. The van der Waals surface area contributed by atoms with Gasteiger partial charge in [-0.2, -0.15) is 0 Å². The van der Waals surface area contributed by atoms with Crippen molar-refractivity contribution in [3.63, 3.8) is 0 Å². The second kappa shape index (κ2) is 6.97. The zero-order chi connectivity index (χ0) is 17.1. The van der Waals surface area contributed by atoms with E-state index in [-0.39, 0.29) is 10.9 Å². The van der Waals surface area contributed by atoms with Crippen LogP contribution in [0, 0.1) is 20.8 Å². The number of phenolic OH excluding ortho intramolecular Hbond substituents is 1. The molecule has 2 rings (SSSR count). The van der Waals surface area contributed by atoms with E-state index in [1.165, 1.54) is 18.4 Å². The second-order valence-corrected chi connectivity index (χ2v) is 6.71. The van der Waals surface area contributed by atoms with Gasteiger partial charge in [-0.05, 0) is 56.2 Å². The van der Waals surface area contributed by atoms with Crippen LogP contribution in [0.4, 0.5) is 10.7 Å². The van der Waals surface area contributed by atoms with E-state index in [0.29, 0.717) is 16.3 Å². The van der Waals surface area contributed by atoms with Crippen LogP contribution in [0.25, 0.3) is 0 Å². The first-order valence-corrected chi connectivity index (χ1v) is 8.12. The summed E-state index contributed by atoms with van der Waals surface area (Å²) >= 11 is 6.69. The molecule has 0 aliphatic carbocycles. The first kappa shape index (κ1) is 17.2. The Labute approximate surface area is 144 Å². The van der Waals surface area contributed by atoms with E-state index in [1.54, 1.807) is 12.1 Å². The van der Waals surface area contributed by atoms with Crippen molar-refractivity contribution in [3.8, 4) is 5.75 Å². The maximum atomic E-state index is 11.9. The molecule has 0 bridgehead atoms. The predicted octanol–water partition coefficient (Wildman–Crippen LogP) is 3.97. The Bertz CT molecular complexity index is 769. The zero-order valence-electron chi connectivity index (χ0n) is 13.3. The molecule has 0 spiro atoms. The van der Waals surface area contributed by atoms with Gasteiger partial charge >= 0.3 is 5.97 Å². The van der Waals surface area contributed by atoms with E-state index in [2.05, 4.69) is 10.6 Å². The Hall–Kier alpha value is -2.12. The van der Waals surface area contributed by atoms with Crippen molar-refractivity contribution < 1.29 is 14.6 Å². The smallest absolute Gasteiger partial charge is 0.341 e. The van der Waals surface area contributed by atoms with Crippen molar-refractivity contribution >= 4 is 45.3 Å². The molecule has 0 fully saturated rings. The van der Waals surface area contributed by atoms with E-state index in [4.69, 9.17) is 17.0 Å². The summed E-state index contributed by atoms with van der Waals surface area (Å²) in [5.41, 5.74) is 2.79. The standard InChI is InChI=1S/C16H18N2O3S2/c1-8-5-6-11(12(19)7-8)17-16(22)18-14-13(15(20)21-4)9(2)10(3)23-14/h5-7,19H,1-4H3,(H2,17,18,22). The van der Waals surface area contributed by atoms with Crippen LogP contribution < -0.4 is 10.6 Å². The molecule has 23 heavy (non-hydrogen) atoms. The van der Waals surface area contributed by atoms with Crippen LogP contribution in [-0.2, 0) is 4.74 Å². The first-order valence-electron chi connectivity index (χ1n) is 6.89. The summed E-state index contributed by atoms with van der Waals surface area (Å²) in [5.74, 6) is -0.295. The van der Waals surface area contributed by atoms with Gasteiger partial charge in [0.15, 0.2) is 5.11 Å². The summed E-state index contributed by atoms with van der Waals surface area (Å²) < 4.78 is 4.83. The van der Waals surface area contributed by atoms with Gasteiger partial charge in [0, 0.05) is 4.88 Å². The Morgan fingerprint density at radius 1 is 1.26 bits per heavy atom. The number of hydrogen-bond acceptors (Lipinski definition) is 5. The van der Waals surface area contributed by atoms with Crippen molar-refractivity contribution in [1.29, 1.82) is 0 Å². The number of aromatic hydroxyl groups is 1. The maximum absolute atomic E-state index is 11.9. The minimum atomic E-state index is -0.407. The topological polar surface area (TPSA) is 70.6 Å². The van der Waals surface area contributed by atoms with Crippen molar-refractivity contribution in [3.05, 3.63) is 39.8 Å². The molecular formula is C16H18N2O3S2. The molecule has 1 heterocycles. The fourth-order valence-corrected chi connectivity index (χ4v) is 3.40. The van der Waals surface area contributed by atoms with Crippen LogP contribution in [0.3, 0.4) is 0 Å². The molecular weight excluding hydrogens is 332 g/mol. The van der Waals surface area contributed by atoms with Crippen molar-refractivity contribution in [2.45, 2.75) is 20.8 Å². The molecule has 122 valence electrons. The van der Waals surface area contributed by atoms with Crippen LogP contribution in [-0.4, -0.2) is 23.3 Å². The van der Waals surface area contributed by atoms with Gasteiger partial charge in [0.05, 0.1) is 18.4 Å². The first-order chi connectivity index (χ1) is 10.8. The highest BCUT2D eigenvalue weighted by molar-refractivity contribution is 7.80. The summed E-state index contributed by atoms with van der Waals surface area (Å²) in [6.07, 6.45) is 0. The lowest BCUT2D eigenvalue weighted by molar-refractivity contribution is 0.0601. The van der Waals surface area contributed by atoms with Gasteiger partial charge in [-0.3, -0.25) is 0 Å². The molecule has 0 aliphatic heterocycles. The number of phenols is 1. The van der Waals surface area contributed by atoms with Gasteiger partial charge < -0.3 is 20.5 Å². The van der Waals surface area contributed by atoms with Crippen LogP contribution in [0.2, 0.25) is 0 Å². The van der Waals surface area contributed by atoms with Crippen molar-refractivity contribution in [1.82, 2.24) is 0 Å². The molecule has 3 N–H and O–H groups in total. The number of ether oxygens (including phenoxy) is 1. The van der Waals surface area contributed by atoms with E-state index in [1.807, 2.05) is 26.8 Å². The van der Waals surface area contributed by atoms with E-state index >= 15 is 0 Å². The number of hydrogen-bond donors (Lipinski definition) is 3. The fourth-order valence-electron chi connectivity index (χ4n) is 2.07. The molecule has 0 aliphatic rings. The average molecular weight is 350 g/mol. The number of esters is 1. The lowest BCUT2D eigenvalue weighted by atomic mass is 10.1. The summed E-state index contributed by atoms with van der Waals surface area (Å²) in [5, 5.41) is 16.8. The molecule has 1 aromatic heterocycles. The van der Waals surface area contributed by atoms with Gasteiger partial charge in [0.2, 0.25) is 0 Å². The highest BCUT2D eigenvalue weighted by atomic mass is 32.1. The molecule has 0 unspecified atom stereocenters. The largest absolute Gasteiger partial charge is 0.506 e. The van der Waals surface area contributed by atoms with Crippen LogP contribution in [0.15, 0.2) is 18.2 Å². The SMILES string of the molecule is COC(=O)c1c(NC(=S)Nc2ccc(C)cc2O)sc(C)c1C. The number of carbonyl (C=O) groups excluding carboxylic acids is 1. The van der Waals surface area contributed by atoms with E-state index in [9.17, 15) is 9.90 Å². The van der Waals surface area contributed by atoms with Gasteiger partial charge in [0.1, 0.15) is 10.8 Å². The normalized spacial score (nSPS) is 10.3. The molecule has 2 aromatic rings. The van der Waals surface area contributed by atoms with Crippen molar-refractivity contribution in [2.24, 2.45) is 0 Å². The molecule has 0 saturated heterocycles. The molecule has 1 aromatic carbocycles. The number of benzene rings is 1. The number of nitrogens with one attached hydrogen (secondary N) is 2. The third-order valence-corrected chi connectivity index (χ3v) is 4.73. The molecule has 0 saturated carbocycles. The van der Waals surface area contributed by atoms with Gasteiger partial charge in [-0.25, -0.2) is 4.79 Å². The second-order valence-electron chi connectivity index (χ2n) is 5.08. The fraction of sp³-hybridized carbons (Fsp3) is 0.250. The van der Waals surface area contributed by atoms with Crippen LogP contribution in [0.1, 0.15) is 26.4 Å². The molecule has 0 atom stereocenters. The third-order valence-electron chi connectivity index (χ3n) is 3.40. The number of methoxy groups -OCH3 is 1. The molecule has 5 nitrogen and oxygen atoms in total. The van der Waals surface area contributed by atoms with Crippen LogP contribution >= 0.6 is 23.6 Å². The molecule has 0 amide bonds. The lowest BCUT2D eigenvalue weighted by Gasteiger charge is -2.12. The zero-order valence-corrected chi connectivity index (χ0v) is 14.9. The van der Waals surface area contributed by atoms with Crippen LogP contribution in [0.5, 0.6) is 5.75 Å².